The quantitative estimate of drug-likeness (QED) is 0.129. The van der Waals surface area contributed by atoms with Gasteiger partial charge in [0.2, 0.25) is 0 Å². The summed E-state index contributed by atoms with van der Waals surface area (Å²) in [6.07, 6.45) is -1.16. The van der Waals surface area contributed by atoms with E-state index in [1.165, 1.54) is 20.2 Å². The van der Waals surface area contributed by atoms with Crippen LogP contribution in [-0.2, 0) is 38.8 Å². The maximum atomic E-state index is 7.08. The predicted molar refractivity (Wildman–Crippen MR) is 184 cm³/mol. The molecule has 5 atom stereocenters. The van der Waals surface area contributed by atoms with Crippen molar-refractivity contribution in [1.82, 2.24) is 0 Å². The molecule has 45 heavy (non-hydrogen) atoms. The van der Waals surface area contributed by atoms with Crippen molar-refractivity contribution >= 4 is 23.1 Å². The van der Waals surface area contributed by atoms with Crippen LogP contribution in [0.15, 0.2) is 132 Å². The fourth-order valence-corrected chi connectivity index (χ4v) is 7.94. The van der Waals surface area contributed by atoms with Crippen molar-refractivity contribution in [3.8, 4) is 0 Å². The molecule has 0 bridgehead atoms. The van der Waals surface area contributed by atoms with Gasteiger partial charge in [-0.05, 0) is 54.8 Å². The number of aryl methyl sites for hydroxylation is 2. The van der Waals surface area contributed by atoms with Crippen molar-refractivity contribution in [3.63, 3.8) is 0 Å². The van der Waals surface area contributed by atoms with Crippen LogP contribution >= 0.6 is 23.1 Å². The molecule has 5 aromatic rings. The molecule has 0 aliphatic carbocycles. The van der Waals surface area contributed by atoms with Gasteiger partial charge in [0, 0.05) is 14.6 Å². The van der Waals surface area contributed by atoms with Gasteiger partial charge in [-0.15, -0.1) is 23.1 Å². The van der Waals surface area contributed by atoms with Crippen LogP contribution in [0.5, 0.6) is 0 Å². The molecular weight excluding hydrogens is 597 g/mol. The minimum Gasteiger partial charge on any atom is -0.374 e. The zero-order valence-corrected chi connectivity index (χ0v) is 27.4. The largest absolute Gasteiger partial charge is 0.374 e. The van der Waals surface area contributed by atoms with E-state index in [1.807, 2.05) is 54.2 Å². The second kappa shape index (κ2) is 15.9. The zero-order chi connectivity index (χ0) is 30.8. The first kappa shape index (κ1) is 31.7. The molecule has 0 saturated carbocycles. The Morgan fingerprint density at radius 1 is 0.622 bits per heavy atom. The molecule has 4 nitrogen and oxygen atoms in total. The van der Waals surface area contributed by atoms with Crippen molar-refractivity contribution in [2.45, 2.75) is 68.2 Å². The van der Waals surface area contributed by atoms with Crippen molar-refractivity contribution < 1.29 is 18.9 Å². The normalized spacial score (nSPS) is 21.5. The lowest BCUT2D eigenvalue weighted by Gasteiger charge is -2.46. The van der Waals surface area contributed by atoms with Crippen molar-refractivity contribution in [1.29, 1.82) is 0 Å². The van der Waals surface area contributed by atoms with Crippen LogP contribution in [0.4, 0.5) is 0 Å². The molecule has 1 aliphatic heterocycles. The standard InChI is InChI=1S/C39H40O4S2/c1-28-18-21-33(22-19-28)45-39-37(35-23-20-29(2)44-35)43-34(27-40-24-30-12-6-3-7-13-30)36(41-25-31-14-8-4-9-15-31)38(39)42-26-32-16-10-5-11-17-32/h3-23,34,36-39H,24-27H2,1-2H3/t34-,36-,37+,38+,39+/m1/s1. The number of thiophene rings is 1. The molecule has 1 aliphatic rings. The second-order valence-electron chi connectivity index (χ2n) is 11.5. The molecule has 0 radical (unpaired) electrons. The molecule has 1 fully saturated rings. The summed E-state index contributed by atoms with van der Waals surface area (Å²) in [5.41, 5.74) is 4.61. The van der Waals surface area contributed by atoms with E-state index in [4.69, 9.17) is 18.9 Å². The van der Waals surface area contributed by atoms with Gasteiger partial charge >= 0.3 is 0 Å². The lowest BCUT2D eigenvalue weighted by Crippen LogP contribution is -2.56. The van der Waals surface area contributed by atoms with E-state index >= 15 is 0 Å². The van der Waals surface area contributed by atoms with Crippen LogP contribution in [0.25, 0.3) is 0 Å². The molecule has 2 heterocycles. The van der Waals surface area contributed by atoms with E-state index in [9.17, 15) is 0 Å². The van der Waals surface area contributed by atoms with Gasteiger partial charge in [0.1, 0.15) is 24.4 Å². The van der Waals surface area contributed by atoms with Gasteiger partial charge in [-0.1, -0.05) is 109 Å². The molecule has 4 aromatic carbocycles. The van der Waals surface area contributed by atoms with Crippen LogP contribution in [0, 0.1) is 13.8 Å². The minimum absolute atomic E-state index is 0.0550. The van der Waals surface area contributed by atoms with E-state index < -0.39 is 0 Å². The molecule has 6 rings (SSSR count). The first-order valence-electron chi connectivity index (χ1n) is 15.5. The number of benzene rings is 4. The van der Waals surface area contributed by atoms with Crippen LogP contribution in [-0.4, -0.2) is 30.2 Å². The van der Waals surface area contributed by atoms with Gasteiger partial charge in [-0.25, -0.2) is 0 Å². The Morgan fingerprint density at radius 2 is 1.18 bits per heavy atom. The summed E-state index contributed by atoms with van der Waals surface area (Å²) >= 11 is 3.60. The summed E-state index contributed by atoms with van der Waals surface area (Å²) in [4.78, 5) is 3.63. The minimum atomic E-state index is -0.357. The van der Waals surface area contributed by atoms with Gasteiger partial charge < -0.3 is 18.9 Å². The van der Waals surface area contributed by atoms with Crippen LogP contribution in [0.2, 0.25) is 0 Å². The maximum Gasteiger partial charge on any atom is 0.114 e. The van der Waals surface area contributed by atoms with Crippen molar-refractivity contribution in [3.05, 3.63) is 159 Å². The topological polar surface area (TPSA) is 36.9 Å². The Hall–Kier alpha value is -3.23. The van der Waals surface area contributed by atoms with Crippen molar-refractivity contribution in [2.75, 3.05) is 6.61 Å². The lowest BCUT2D eigenvalue weighted by molar-refractivity contribution is -0.218. The molecule has 1 aromatic heterocycles. The van der Waals surface area contributed by atoms with E-state index in [0.29, 0.717) is 26.4 Å². The summed E-state index contributed by atoms with van der Waals surface area (Å²) in [5, 5.41) is -0.0550. The fraction of sp³-hybridized carbons (Fsp3) is 0.282. The first-order chi connectivity index (χ1) is 22.1. The van der Waals surface area contributed by atoms with Crippen LogP contribution in [0.3, 0.4) is 0 Å². The van der Waals surface area contributed by atoms with E-state index in [1.54, 1.807) is 11.3 Å². The number of hydrogen-bond acceptors (Lipinski definition) is 6. The summed E-state index contributed by atoms with van der Waals surface area (Å²) in [5.74, 6) is 0. The third-order valence-electron chi connectivity index (χ3n) is 7.93. The van der Waals surface area contributed by atoms with Crippen LogP contribution in [0.1, 0.15) is 38.1 Å². The highest BCUT2D eigenvalue weighted by molar-refractivity contribution is 8.00. The summed E-state index contributed by atoms with van der Waals surface area (Å²) in [7, 11) is 0. The van der Waals surface area contributed by atoms with Gasteiger partial charge in [0.05, 0.1) is 31.7 Å². The highest BCUT2D eigenvalue weighted by Gasteiger charge is 2.49. The first-order valence-corrected chi connectivity index (χ1v) is 17.2. The smallest absolute Gasteiger partial charge is 0.114 e. The Bertz CT molecular complexity index is 1570. The Kier molecular flexibility index (Phi) is 11.2. The van der Waals surface area contributed by atoms with E-state index in [-0.39, 0.29) is 29.7 Å². The number of ether oxygens (including phenoxy) is 4. The molecule has 6 heteroatoms. The van der Waals surface area contributed by atoms with Crippen LogP contribution < -0.4 is 0 Å². The third-order valence-corrected chi connectivity index (χ3v) is 10.3. The second-order valence-corrected chi connectivity index (χ2v) is 14.0. The van der Waals surface area contributed by atoms with Gasteiger partial charge in [0.25, 0.3) is 0 Å². The molecular formula is C39H40O4S2. The summed E-state index contributed by atoms with van der Waals surface area (Å²) in [6, 6.07) is 44.1. The highest BCUT2D eigenvalue weighted by atomic mass is 32.2. The lowest BCUT2D eigenvalue weighted by atomic mass is 9.95. The van der Waals surface area contributed by atoms with Crippen molar-refractivity contribution in [2.24, 2.45) is 0 Å². The molecule has 232 valence electrons. The molecule has 0 N–H and O–H groups in total. The van der Waals surface area contributed by atoms with E-state index in [2.05, 4.69) is 98.8 Å². The number of hydrogen-bond donors (Lipinski definition) is 0. The Labute approximate surface area is 275 Å². The third kappa shape index (κ3) is 8.73. The molecule has 0 unspecified atom stereocenters. The fourth-order valence-electron chi connectivity index (χ4n) is 5.58. The average Bonchev–Trinajstić information content (AvgIpc) is 3.52. The SMILES string of the molecule is Cc1ccc(S[C@@H]2[C@@H](OCc3ccccc3)[C@H](OCc3ccccc3)[C@@H](COCc3ccccc3)O[C@H]2c2ccc(C)s2)cc1. The number of thioether (sulfide) groups is 1. The van der Waals surface area contributed by atoms with Gasteiger partial charge in [-0.3, -0.25) is 0 Å². The number of rotatable bonds is 13. The van der Waals surface area contributed by atoms with E-state index in [0.717, 1.165) is 16.7 Å². The molecule has 1 saturated heterocycles. The van der Waals surface area contributed by atoms with Gasteiger partial charge in [-0.2, -0.15) is 0 Å². The summed E-state index contributed by atoms with van der Waals surface area (Å²) in [6.45, 7) is 6.10. The van der Waals surface area contributed by atoms with Gasteiger partial charge in [0.15, 0.2) is 0 Å². The Balaban J connectivity index is 1.35. The molecule has 0 spiro atoms. The zero-order valence-electron chi connectivity index (χ0n) is 25.8. The average molecular weight is 637 g/mol. The maximum absolute atomic E-state index is 7.08. The predicted octanol–water partition coefficient (Wildman–Crippen LogP) is 9.35. The summed E-state index contributed by atoms with van der Waals surface area (Å²) < 4.78 is 27.2. The monoisotopic (exact) mass is 636 g/mol. The Morgan fingerprint density at radius 3 is 1.73 bits per heavy atom. The molecule has 0 amide bonds. The highest BCUT2D eigenvalue weighted by Crippen LogP contribution is 2.46.